The fourth-order valence-electron chi connectivity index (χ4n) is 1.02. The third-order valence-corrected chi connectivity index (χ3v) is 3.28. The molecule has 4 heteroatoms. The zero-order chi connectivity index (χ0) is 11.5. The lowest BCUT2D eigenvalue weighted by Crippen LogP contribution is -2.18. The van der Waals surface area contributed by atoms with E-state index in [0.717, 1.165) is 17.1 Å². The number of halogens is 1. The number of rotatable bonds is 4. The van der Waals surface area contributed by atoms with Crippen LogP contribution in [0, 0.1) is 0 Å². The first-order chi connectivity index (χ1) is 6.88. The van der Waals surface area contributed by atoms with Crippen molar-refractivity contribution in [3.05, 3.63) is 23.2 Å². The Labute approximate surface area is 99.8 Å². The minimum atomic E-state index is -0.607. The van der Waals surface area contributed by atoms with E-state index in [-0.39, 0.29) is 0 Å². The number of thioether (sulfide) groups is 1. The quantitative estimate of drug-likeness (QED) is 0.633. The third-order valence-electron chi connectivity index (χ3n) is 1.95. The molecule has 1 rings (SSSR count). The number of benzene rings is 1. The molecule has 0 heterocycles. The van der Waals surface area contributed by atoms with Crippen LogP contribution >= 0.6 is 23.4 Å². The van der Waals surface area contributed by atoms with Gasteiger partial charge in [0.2, 0.25) is 0 Å². The molecule has 0 aliphatic heterocycles. The van der Waals surface area contributed by atoms with Crippen LogP contribution in [0.5, 0.6) is 0 Å². The van der Waals surface area contributed by atoms with Crippen LogP contribution in [-0.2, 0) is 0 Å². The van der Waals surface area contributed by atoms with Crippen molar-refractivity contribution in [2.45, 2.75) is 30.8 Å². The minimum Gasteiger partial charge on any atom is -0.398 e. The lowest BCUT2D eigenvalue weighted by Gasteiger charge is -2.16. The van der Waals surface area contributed by atoms with Crippen LogP contribution in [-0.4, -0.2) is 16.5 Å². The van der Waals surface area contributed by atoms with Crippen molar-refractivity contribution in [2.75, 3.05) is 11.5 Å². The molecule has 0 aromatic heterocycles. The van der Waals surface area contributed by atoms with E-state index in [2.05, 4.69) is 0 Å². The predicted octanol–water partition coefficient (Wildman–Crippen LogP) is 3.18. The topological polar surface area (TPSA) is 46.2 Å². The Morgan fingerprint density at radius 2 is 2.13 bits per heavy atom. The Bertz CT molecular complexity index is 336. The van der Waals surface area contributed by atoms with Gasteiger partial charge in [-0.05, 0) is 38.5 Å². The van der Waals surface area contributed by atoms with Crippen LogP contribution in [0.3, 0.4) is 0 Å². The SMILES string of the molecule is CC(C)(O)CCSc1ccc(N)c(Cl)c1. The summed E-state index contributed by atoms with van der Waals surface area (Å²) in [6.45, 7) is 3.62. The molecule has 84 valence electrons. The van der Waals surface area contributed by atoms with E-state index in [0.29, 0.717) is 10.7 Å². The van der Waals surface area contributed by atoms with Crippen molar-refractivity contribution < 1.29 is 5.11 Å². The molecule has 0 unspecified atom stereocenters. The van der Waals surface area contributed by atoms with E-state index in [1.165, 1.54) is 0 Å². The van der Waals surface area contributed by atoms with Crippen molar-refractivity contribution in [3.63, 3.8) is 0 Å². The van der Waals surface area contributed by atoms with Gasteiger partial charge in [-0.25, -0.2) is 0 Å². The van der Waals surface area contributed by atoms with Crippen molar-refractivity contribution in [2.24, 2.45) is 0 Å². The number of anilines is 1. The van der Waals surface area contributed by atoms with Gasteiger partial charge < -0.3 is 10.8 Å². The lowest BCUT2D eigenvalue weighted by molar-refractivity contribution is 0.0778. The molecule has 15 heavy (non-hydrogen) atoms. The summed E-state index contributed by atoms with van der Waals surface area (Å²) in [5.41, 5.74) is 5.60. The standard InChI is InChI=1S/C11H16ClNOS/c1-11(2,14)5-6-15-8-3-4-10(13)9(12)7-8/h3-4,7,14H,5-6,13H2,1-2H3. The largest absolute Gasteiger partial charge is 0.398 e. The maximum Gasteiger partial charge on any atom is 0.0646 e. The Hall–Kier alpha value is -0.380. The monoisotopic (exact) mass is 245 g/mol. The molecule has 3 N–H and O–H groups in total. The van der Waals surface area contributed by atoms with Crippen LogP contribution < -0.4 is 5.73 Å². The highest BCUT2D eigenvalue weighted by atomic mass is 35.5. The summed E-state index contributed by atoms with van der Waals surface area (Å²) >= 11 is 7.57. The molecule has 0 radical (unpaired) electrons. The zero-order valence-corrected chi connectivity index (χ0v) is 10.5. The molecule has 0 aliphatic rings. The van der Waals surface area contributed by atoms with E-state index < -0.39 is 5.60 Å². The molecular weight excluding hydrogens is 230 g/mol. The molecule has 0 saturated carbocycles. The number of hydrogen-bond acceptors (Lipinski definition) is 3. The minimum absolute atomic E-state index is 0.586. The molecule has 1 aromatic rings. The van der Waals surface area contributed by atoms with Crippen molar-refractivity contribution in [1.29, 1.82) is 0 Å². The molecule has 0 saturated heterocycles. The normalized spacial score (nSPS) is 11.7. The molecule has 0 fully saturated rings. The number of hydrogen-bond donors (Lipinski definition) is 2. The average molecular weight is 246 g/mol. The highest BCUT2D eigenvalue weighted by molar-refractivity contribution is 7.99. The van der Waals surface area contributed by atoms with Crippen LogP contribution in [0.25, 0.3) is 0 Å². The molecule has 0 amide bonds. The molecular formula is C11H16ClNOS. The second-order valence-electron chi connectivity index (χ2n) is 4.09. The second kappa shape index (κ2) is 5.10. The molecule has 0 bridgehead atoms. The summed E-state index contributed by atoms with van der Waals surface area (Å²) in [6.07, 6.45) is 0.750. The van der Waals surface area contributed by atoms with E-state index in [1.807, 2.05) is 26.0 Å². The number of nitrogen functional groups attached to an aromatic ring is 1. The zero-order valence-electron chi connectivity index (χ0n) is 8.96. The predicted molar refractivity (Wildman–Crippen MR) is 67.5 cm³/mol. The number of aliphatic hydroxyl groups is 1. The van der Waals surface area contributed by atoms with E-state index in [1.54, 1.807) is 17.8 Å². The van der Waals surface area contributed by atoms with Gasteiger partial charge in [-0.15, -0.1) is 11.8 Å². The molecule has 1 aromatic carbocycles. The van der Waals surface area contributed by atoms with Gasteiger partial charge in [0.1, 0.15) is 0 Å². The van der Waals surface area contributed by atoms with Gasteiger partial charge in [0, 0.05) is 10.6 Å². The molecule has 0 spiro atoms. The summed E-state index contributed by atoms with van der Waals surface area (Å²) in [7, 11) is 0. The van der Waals surface area contributed by atoms with E-state index in [9.17, 15) is 5.11 Å². The summed E-state index contributed by atoms with van der Waals surface area (Å²) in [6, 6.07) is 5.59. The Balaban J connectivity index is 2.48. The summed E-state index contributed by atoms with van der Waals surface area (Å²) in [4.78, 5) is 1.08. The second-order valence-corrected chi connectivity index (χ2v) is 5.67. The summed E-state index contributed by atoms with van der Waals surface area (Å²) in [5.74, 6) is 0.865. The first kappa shape index (κ1) is 12.7. The van der Waals surface area contributed by atoms with Gasteiger partial charge in [-0.2, -0.15) is 0 Å². The Kier molecular flexibility index (Phi) is 4.32. The van der Waals surface area contributed by atoms with Gasteiger partial charge in [0.15, 0.2) is 0 Å². The van der Waals surface area contributed by atoms with E-state index in [4.69, 9.17) is 17.3 Å². The van der Waals surface area contributed by atoms with Gasteiger partial charge >= 0.3 is 0 Å². The van der Waals surface area contributed by atoms with E-state index >= 15 is 0 Å². The van der Waals surface area contributed by atoms with Gasteiger partial charge in [-0.1, -0.05) is 11.6 Å². The lowest BCUT2D eigenvalue weighted by atomic mass is 10.1. The summed E-state index contributed by atoms with van der Waals surface area (Å²) < 4.78 is 0. The maximum absolute atomic E-state index is 9.53. The number of nitrogens with two attached hydrogens (primary N) is 1. The molecule has 0 aliphatic carbocycles. The van der Waals surface area contributed by atoms with Gasteiger partial charge in [0.25, 0.3) is 0 Å². The average Bonchev–Trinajstić information content (AvgIpc) is 2.09. The van der Waals surface area contributed by atoms with Crippen LogP contribution in [0.4, 0.5) is 5.69 Å². The van der Waals surface area contributed by atoms with Gasteiger partial charge in [-0.3, -0.25) is 0 Å². The van der Waals surface area contributed by atoms with Gasteiger partial charge in [0.05, 0.1) is 16.3 Å². The fraction of sp³-hybridized carbons (Fsp3) is 0.455. The fourth-order valence-corrected chi connectivity index (χ4v) is 2.46. The maximum atomic E-state index is 9.53. The van der Waals surface area contributed by atoms with Crippen LogP contribution in [0.1, 0.15) is 20.3 Å². The third kappa shape index (κ3) is 4.78. The first-order valence-electron chi connectivity index (χ1n) is 4.79. The Morgan fingerprint density at radius 1 is 1.47 bits per heavy atom. The highest BCUT2D eigenvalue weighted by Gasteiger charge is 2.11. The molecule has 0 atom stereocenters. The first-order valence-corrected chi connectivity index (χ1v) is 6.15. The van der Waals surface area contributed by atoms with Crippen LogP contribution in [0.2, 0.25) is 5.02 Å². The van der Waals surface area contributed by atoms with Crippen molar-refractivity contribution in [3.8, 4) is 0 Å². The van der Waals surface area contributed by atoms with Crippen molar-refractivity contribution in [1.82, 2.24) is 0 Å². The summed E-state index contributed by atoms with van der Waals surface area (Å²) in [5, 5.41) is 10.1. The van der Waals surface area contributed by atoms with Crippen molar-refractivity contribution >= 4 is 29.1 Å². The highest BCUT2D eigenvalue weighted by Crippen LogP contribution is 2.27. The van der Waals surface area contributed by atoms with Crippen LogP contribution in [0.15, 0.2) is 23.1 Å². The Morgan fingerprint density at radius 3 is 2.67 bits per heavy atom. The molecule has 2 nitrogen and oxygen atoms in total. The smallest absolute Gasteiger partial charge is 0.0646 e.